The molecule has 0 aliphatic rings. The van der Waals surface area contributed by atoms with Crippen LogP contribution in [0.1, 0.15) is 27.2 Å². The molecule has 0 atom stereocenters. The summed E-state index contributed by atoms with van der Waals surface area (Å²) in [5, 5.41) is 0. The van der Waals surface area contributed by atoms with Gasteiger partial charge in [0.15, 0.2) is 0 Å². The van der Waals surface area contributed by atoms with Crippen molar-refractivity contribution in [3.05, 3.63) is 12.3 Å². The van der Waals surface area contributed by atoms with Crippen molar-refractivity contribution in [2.75, 3.05) is 13.2 Å². The Balaban J connectivity index is 4.07. The molecule has 0 aliphatic carbocycles. The lowest BCUT2D eigenvalue weighted by molar-refractivity contribution is 0.153. The quantitative estimate of drug-likeness (QED) is 0.476. The summed E-state index contributed by atoms with van der Waals surface area (Å²) in [5.41, 5.74) is 0. The molecule has 4 nitrogen and oxygen atoms in total. The molecule has 0 aliphatic heterocycles. The standard InChI is InChI=1S/C8H17O4P/c1-4-7-8-12-13(9,10-5-2)11-6-3/h7-8H,4-6H2,1-3H3. The number of phosphoric acid groups is 1. The molecule has 0 saturated heterocycles. The highest BCUT2D eigenvalue weighted by atomic mass is 31.2. The predicted molar refractivity (Wildman–Crippen MR) is 51.4 cm³/mol. The van der Waals surface area contributed by atoms with Crippen molar-refractivity contribution >= 4 is 7.82 Å². The molecule has 0 spiro atoms. The first-order valence-electron chi connectivity index (χ1n) is 4.41. The molecule has 5 heteroatoms. The van der Waals surface area contributed by atoms with Gasteiger partial charge in [0.25, 0.3) is 0 Å². The third kappa shape index (κ3) is 5.86. The Bertz CT molecular complexity index is 181. The molecule has 0 heterocycles. The van der Waals surface area contributed by atoms with Crippen LogP contribution in [0.5, 0.6) is 0 Å². The second kappa shape index (κ2) is 7.13. The molecule has 0 aromatic rings. The molecule has 0 amide bonds. The average molecular weight is 208 g/mol. The van der Waals surface area contributed by atoms with Crippen LogP contribution in [0.2, 0.25) is 0 Å². The van der Waals surface area contributed by atoms with Gasteiger partial charge in [-0.2, -0.15) is 0 Å². The highest BCUT2D eigenvalue weighted by Gasteiger charge is 2.24. The van der Waals surface area contributed by atoms with Gasteiger partial charge in [0.1, 0.15) is 0 Å². The van der Waals surface area contributed by atoms with Gasteiger partial charge in [-0.3, -0.25) is 9.05 Å². The van der Waals surface area contributed by atoms with Crippen LogP contribution in [0.3, 0.4) is 0 Å². The fourth-order valence-electron chi connectivity index (χ4n) is 0.628. The van der Waals surface area contributed by atoms with Crippen molar-refractivity contribution in [1.29, 1.82) is 0 Å². The lowest BCUT2D eigenvalue weighted by Gasteiger charge is -2.13. The van der Waals surface area contributed by atoms with Gasteiger partial charge in [0, 0.05) is 0 Å². The topological polar surface area (TPSA) is 44.8 Å². The van der Waals surface area contributed by atoms with Crippen LogP contribution in [0.15, 0.2) is 12.3 Å². The smallest absolute Gasteiger partial charge is 0.412 e. The molecule has 13 heavy (non-hydrogen) atoms. The maximum Gasteiger partial charge on any atom is 0.529 e. The fraction of sp³-hybridized carbons (Fsp3) is 0.750. The third-order valence-corrected chi connectivity index (χ3v) is 2.63. The second-order valence-corrected chi connectivity index (χ2v) is 3.79. The molecule has 0 rings (SSSR count). The summed E-state index contributed by atoms with van der Waals surface area (Å²) in [6.45, 7) is 6.03. The second-order valence-electron chi connectivity index (χ2n) is 2.17. The summed E-state index contributed by atoms with van der Waals surface area (Å²) in [6.07, 6.45) is 3.91. The van der Waals surface area contributed by atoms with Gasteiger partial charge in [-0.1, -0.05) is 6.92 Å². The Morgan fingerprint density at radius 1 is 1.15 bits per heavy atom. The highest BCUT2D eigenvalue weighted by molar-refractivity contribution is 7.48. The lowest BCUT2D eigenvalue weighted by Crippen LogP contribution is -1.96. The first-order valence-corrected chi connectivity index (χ1v) is 5.87. The zero-order valence-electron chi connectivity index (χ0n) is 8.36. The minimum atomic E-state index is -3.34. The summed E-state index contributed by atoms with van der Waals surface area (Å²) in [7, 11) is -3.34. The molecule has 0 bridgehead atoms. The van der Waals surface area contributed by atoms with Crippen molar-refractivity contribution in [3.63, 3.8) is 0 Å². The largest absolute Gasteiger partial charge is 0.529 e. The van der Waals surface area contributed by atoms with E-state index in [0.29, 0.717) is 13.2 Å². The molecule has 0 N–H and O–H groups in total. The van der Waals surface area contributed by atoms with Crippen molar-refractivity contribution in [3.8, 4) is 0 Å². The van der Waals surface area contributed by atoms with Gasteiger partial charge in [0.05, 0.1) is 19.5 Å². The van der Waals surface area contributed by atoms with Crippen molar-refractivity contribution in [1.82, 2.24) is 0 Å². The minimum Gasteiger partial charge on any atom is -0.412 e. The zero-order valence-corrected chi connectivity index (χ0v) is 9.25. The maximum atomic E-state index is 11.6. The van der Waals surface area contributed by atoms with Gasteiger partial charge in [-0.15, -0.1) is 0 Å². The van der Waals surface area contributed by atoms with Crippen molar-refractivity contribution in [2.45, 2.75) is 27.2 Å². The summed E-state index contributed by atoms with van der Waals surface area (Å²) in [6, 6.07) is 0. The molecule has 0 saturated carbocycles. The Morgan fingerprint density at radius 2 is 1.69 bits per heavy atom. The third-order valence-electron chi connectivity index (χ3n) is 1.10. The Labute approximate surface area is 79.5 Å². The molecular formula is C8H17O4P. The normalized spacial score (nSPS) is 12.2. The monoisotopic (exact) mass is 208 g/mol. The lowest BCUT2D eigenvalue weighted by atomic mass is 10.5. The van der Waals surface area contributed by atoms with Gasteiger partial charge < -0.3 is 4.52 Å². The number of allylic oxidation sites excluding steroid dienone is 1. The van der Waals surface area contributed by atoms with Gasteiger partial charge in [-0.05, 0) is 26.3 Å². The first kappa shape index (κ1) is 12.7. The van der Waals surface area contributed by atoms with E-state index in [1.54, 1.807) is 19.9 Å². The van der Waals surface area contributed by atoms with Crippen molar-refractivity contribution in [2.24, 2.45) is 0 Å². The molecule has 78 valence electrons. The SMILES string of the molecule is CCC=COP(=O)(OCC)OCC. The first-order chi connectivity index (χ1) is 6.18. The summed E-state index contributed by atoms with van der Waals surface area (Å²) < 4.78 is 26.2. The van der Waals surface area contributed by atoms with Gasteiger partial charge >= 0.3 is 7.82 Å². The number of phosphoric ester groups is 1. The molecule has 0 fully saturated rings. The maximum absolute atomic E-state index is 11.6. The molecule has 0 radical (unpaired) electrons. The zero-order chi connectivity index (χ0) is 10.2. The highest BCUT2D eigenvalue weighted by Crippen LogP contribution is 2.49. The molecule has 0 aromatic heterocycles. The van der Waals surface area contributed by atoms with Gasteiger partial charge in [-0.25, -0.2) is 4.57 Å². The van der Waals surface area contributed by atoms with E-state index in [9.17, 15) is 4.57 Å². The van der Waals surface area contributed by atoms with Crippen LogP contribution in [-0.2, 0) is 18.1 Å². The number of hydrogen-bond donors (Lipinski definition) is 0. The summed E-state index contributed by atoms with van der Waals surface area (Å²) in [4.78, 5) is 0. The van der Waals surface area contributed by atoms with E-state index < -0.39 is 7.82 Å². The van der Waals surface area contributed by atoms with Crippen LogP contribution in [0, 0.1) is 0 Å². The Morgan fingerprint density at radius 3 is 2.08 bits per heavy atom. The Kier molecular flexibility index (Phi) is 6.96. The van der Waals surface area contributed by atoms with Gasteiger partial charge in [0.2, 0.25) is 0 Å². The molecular weight excluding hydrogens is 191 g/mol. The van der Waals surface area contributed by atoms with Crippen LogP contribution in [0.25, 0.3) is 0 Å². The minimum absolute atomic E-state index is 0.303. The Hall–Kier alpha value is -0.310. The van der Waals surface area contributed by atoms with E-state index in [4.69, 9.17) is 13.6 Å². The summed E-state index contributed by atoms with van der Waals surface area (Å²) >= 11 is 0. The summed E-state index contributed by atoms with van der Waals surface area (Å²) in [5.74, 6) is 0. The van der Waals surface area contributed by atoms with E-state index in [0.717, 1.165) is 6.42 Å². The van der Waals surface area contributed by atoms with Crippen LogP contribution >= 0.6 is 7.82 Å². The predicted octanol–water partition coefficient (Wildman–Crippen LogP) is 3.11. The van der Waals surface area contributed by atoms with E-state index in [1.807, 2.05) is 6.92 Å². The van der Waals surface area contributed by atoms with E-state index in [2.05, 4.69) is 0 Å². The molecule has 0 unspecified atom stereocenters. The molecule has 0 aromatic carbocycles. The van der Waals surface area contributed by atoms with Crippen LogP contribution in [0.4, 0.5) is 0 Å². The number of rotatable bonds is 7. The van der Waals surface area contributed by atoms with Crippen LogP contribution < -0.4 is 0 Å². The van der Waals surface area contributed by atoms with E-state index in [1.165, 1.54) is 6.26 Å². The number of hydrogen-bond acceptors (Lipinski definition) is 4. The van der Waals surface area contributed by atoms with E-state index in [-0.39, 0.29) is 0 Å². The fourth-order valence-corrected chi connectivity index (χ4v) is 1.69. The van der Waals surface area contributed by atoms with E-state index >= 15 is 0 Å². The van der Waals surface area contributed by atoms with Crippen LogP contribution in [-0.4, -0.2) is 13.2 Å². The average Bonchev–Trinajstić information content (AvgIpc) is 2.05. The van der Waals surface area contributed by atoms with Crippen molar-refractivity contribution < 1.29 is 18.1 Å².